The molecule has 0 aliphatic carbocycles. The van der Waals surface area contributed by atoms with Gasteiger partial charge in [0.1, 0.15) is 11.6 Å². The first-order valence-corrected chi connectivity index (χ1v) is 6.32. The summed E-state index contributed by atoms with van der Waals surface area (Å²) < 4.78 is 5.60. The van der Waals surface area contributed by atoms with Crippen molar-refractivity contribution in [1.82, 2.24) is 9.97 Å². The lowest BCUT2D eigenvalue weighted by molar-refractivity contribution is -0.385. The molecule has 8 nitrogen and oxygen atoms in total. The fourth-order valence-electron chi connectivity index (χ4n) is 1.74. The van der Waals surface area contributed by atoms with Crippen molar-refractivity contribution in [1.29, 1.82) is 0 Å². The lowest BCUT2D eigenvalue weighted by Crippen LogP contribution is -2.13. The van der Waals surface area contributed by atoms with Crippen LogP contribution in [0, 0.1) is 17.0 Å². The van der Waals surface area contributed by atoms with E-state index in [0.717, 1.165) is 0 Å². The molecule has 0 radical (unpaired) electrons. The van der Waals surface area contributed by atoms with E-state index in [9.17, 15) is 10.1 Å². The van der Waals surface area contributed by atoms with Crippen molar-refractivity contribution in [3.8, 4) is 11.6 Å². The molecule has 0 bridgehead atoms. The first kappa shape index (κ1) is 14.7. The van der Waals surface area contributed by atoms with Gasteiger partial charge in [-0.3, -0.25) is 10.1 Å². The first-order valence-electron chi connectivity index (χ1n) is 6.32. The maximum atomic E-state index is 11.0. The van der Waals surface area contributed by atoms with Crippen LogP contribution in [0.5, 0.6) is 11.6 Å². The minimum Gasteiger partial charge on any atom is -0.431 e. The summed E-state index contributed by atoms with van der Waals surface area (Å²) in [6, 6.07) is 6.11. The SMILES string of the molecule is CCc1nc(NN)c(C)c(Oc2ccccc2[N+](=O)[O-])n1. The van der Waals surface area contributed by atoms with Crippen LogP contribution in [0.1, 0.15) is 18.3 Å². The number of nitrogens with zero attached hydrogens (tertiary/aromatic N) is 3. The van der Waals surface area contributed by atoms with Crippen molar-refractivity contribution in [2.45, 2.75) is 20.3 Å². The standard InChI is InChI=1S/C13H15N5O3/c1-3-11-15-12(17-14)8(2)13(16-11)21-10-7-5-4-6-9(10)18(19)20/h4-7H,3,14H2,1-2H3,(H,15,16,17). The number of aryl methyl sites for hydroxylation is 1. The van der Waals surface area contributed by atoms with Gasteiger partial charge in [-0.05, 0) is 13.0 Å². The van der Waals surface area contributed by atoms with Crippen molar-refractivity contribution >= 4 is 11.5 Å². The number of hydrogen-bond acceptors (Lipinski definition) is 7. The van der Waals surface area contributed by atoms with Crippen LogP contribution in [0.15, 0.2) is 24.3 Å². The number of anilines is 1. The Morgan fingerprint density at radius 1 is 1.38 bits per heavy atom. The van der Waals surface area contributed by atoms with E-state index in [1.807, 2.05) is 6.92 Å². The van der Waals surface area contributed by atoms with Gasteiger partial charge in [-0.15, -0.1) is 0 Å². The highest BCUT2D eigenvalue weighted by Gasteiger charge is 2.18. The highest BCUT2D eigenvalue weighted by Crippen LogP contribution is 2.32. The maximum Gasteiger partial charge on any atom is 0.311 e. The third-order valence-corrected chi connectivity index (χ3v) is 2.87. The second-order valence-electron chi connectivity index (χ2n) is 4.24. The summed E-state index contributed by atoms with van der Waals surface area (Å²) in [7, 11) is 0. The number of hydrazine groups is 1. The van der Waals surface area contributed by atoms with E-state index in [4.69, 9.17) is 10.6 Å². The minimum atomic E-state index is -0.505. The molecule has 0 atom stereocenters. The fraction of sp³-hybridized carbons (Fsp3) is 0.231. The zero-order chi connectivity index (χ0) is 15.4. The summed E-state index contributed by atoms with van der Waals surface area (Å²) in [6.45, 7) is 3.61. The zero-order valence-corrected chi connectivity index (χ0v) is 11.7. The van der Waals surface area contributed by atoms with Crippen molar-refractivity contribution in [2.75, 3.05) is 5.43 Å². The Kier molecular flexibility index (Phi) is 4.29. The summed E-state index contributed by atoms with van der Waals surface area (Å²) in [4.78, 5) is 18.9. The topological polar surface area (TPSA) is 116 Å². The molecule has 0 amide bonds. The van der Waals surface area contributed by atoms with Gasteiger partial charge in [0, 0.05) is 12.5 Å². The molecule has 0 fully saturated rings. The molecule has 0 unspecified atom stereocenters. The van der Waals surface area contributed by atoms with Crippen molar-refractivity contribution in [3.05, 3.63) is 45.8 Å². The minimum absolute atomic E-state index is 0.120. The molecule has 0 saturated heterocycles. The highest BCUT2D eigenvalue weighted by molar-refractivity contribution is 5.52. The van der Waals surface area contributed by atoms with E-state index in [-0.39, 0.29) is 17.3 Å². The number of benzene rings is 1. The van der Waals surface area contributed by atoms with Crippen LogP contribution < -0.4 is 16.0 Å². The number of para-hydroxylation sites is 2. The van der Waals surface area contributed by atoms with E-state index in [2.05, 4.69) is 15.4 Å². The molecule has 2 rings (SSSR count). The van der Waals surface area contributed by atoms with Crippen molar-refractivity contribution in [3.63, 3.8) is 0 Å². The number of nitro benzene ring substituents is 1. The number of hydrogen-bond donors (Lipinski definition) is 2. The molecule has 3 N–H and O–H groups in total. The maximum absolute atomic E-state index is 11.0. The average molecular weight is 289 g/mol. The molecule has 2 aromatic rings. The predicted octanol–water partition coefficient (Wildman–Crippen LogP) is 2.33. The normalized spacial score (nSPS) is 10.2. The van der Waals surface area contributed by atoms with Crippen LogP contribution in [0.25, 0.3) is 0 Å². The Balaban J connectivity index is 2.47. The Morgan fingerprint density at radius 3 is 2.71 bits per heavy atom. The summed E-state index contributed by atoms with van der Waals surface area (Å²) >= 11 is 0. The van der Waals surface area contributed by atoms with Gasteiger partial charge in [0.25, 0.3) is 0 Å². The monoisotopic (exact) mass is 289 g/mol. The summed E-state index contributed by atoms with van der Waals surface area (Å²) in [5, 5.41) is 11.0. The van der Waals surface area contributed by atoms with Gasteiger partial charge in [-0.1, -0.05) is 19.1 Å². The van der Waals surface area contributed by atoms with Gasteiger partial charge in [0.05, 0.1) is 10.5 Å². The molecule has 1 aromatic carbocycles. The molecule has 0 aliphatic heterocycles. The Bertz CT molecular complexity index is 675. The lowest BCUT2D eigenvalue weighted by Gasteiger charge is -2.12. The molecular formula is C13H15N5O3. The quantitative estimate of drug-likeness (QED) is 0.493. The second kappa shape index (κ2) is 6.14. The van der Waals surface area contributed by atoms with Crippen LogP contribution in [-0.4, -0.2) is 14.9 Å². The largest absolute Gasteiger partial charge is 0.431 e. The Hall–Kier alpha value is -2.74. The average Bonchev–Trinajstić information content (AvgIpc) is 2.49. The number of nitro groups is 1. The third-order valence-electron chi connectivity index (χ3n) is 2.87. The highest BCUT2D eigenvalue weighted by atomic mass is 16.6. The van der Waals surface area contributed by atoms with E-state index in [1.165, 1.54) is 12.1 Å². The molecule has 0 spiro atoms. The summed E-state index contributed by atoms with van der Waals surface area (Å²) in [6.07, 6.45) is 0.586. The van der Waals surface area contributed by atoms with E-state index in [0.29, 0.717) is 23.6 Å². The number of nitrogens with two attached hydrogens (primary N) is 1. The van der Waals surface area contributed by atoms with Gasteiger partial charge in [0.15, 0.2) is 0 Å². The molecule has 1 heterocycles. The van der Waals surface area contributed by atoms with Gasteiger partial charge in [-0.25, -0.2) is 10.8 Å². The van der Waals surface area contributed by atoms with Crippen LogP contribution in [0.2, 0.25) is 0 Å². The Morgan fingerprint density at radius 2 is 2.10 bits per heavy atom. The van der Waals surface area contributed by atoms with Crippen molar-refractivity contribution in [2.24, 2.45) is 5.84 Å². The van der Waals surface area contributed by atoms with E-state index >= 15 is 0 Å². The number of ether oxygens (including phenoxy) is 1. The smallest absolute Gasteiger partial charge is 0.311 e. The number of nitrogen functional groups attached to an aromatic ring is 1. The van der Waals surface area contributed by atoms with Crippen LogP contribution in [-0.2, 0) is 6.42 Å². The molecule has 0 aliphatic rings. The van der Waals surface area contributed by atoms with E-state index < -0.39 is 4.92 Å². The summed E-state index contributed by atoms with van der Waals surface area (Å²) in [5.74, 6) is 6.73. The van der Waals surface area contributed by atoms with Gasteiger partial charge in [-0.2, -0.15) is 4.98 Å². The molecule has 110 valence electrons. The van der Waals surface area contributed by atoms with E-state index in [1.54, 1.807) is 19.1 Å². The van der Waals surface area contributed by atoms with Crippen LogP contribution in [0.4, 0.5) is 11.5 Å². The predicted molar refractivity (Wildman–Crippen MR) is 77.1 cm³/mol. The zero-order valence-electron chi connectivity index (χ0n) is 11.7. The first-order chi connectivity index (χ1) is 10.1. The second-order valence-corrected chi connectivity index (χ2v) is 4.24. The van der Waals surface area contributed by atoms with Gasteiger partial charge < -0.3 is 10.2 Å². The molecule has 1 aromatic heterocycles. The number of aromatic nitrogens is 2. The van der Waals surface area contributed by atoms with Gasteiger partial charge >= 0.3 is 5.69 Å². The fourth-order valence-corrected chi connectivity index (χ4v) is 1.74. The van der Waals surface area contributed by atoms with Crippen LogP contribution in [0.3, 0.4) is 0 Å². The molecule has 21 heavy (non-hydrogen) atoms. The van der Waals surface area contributed by atoms with Crippen molar-refractivity contribution < 1.29 is 9.66 Å². The molecule has 8 heteroatoms. The Labute approximate surface area is 121 Å². The molecule has 0 saturated carbocycles. The third kappa shape index (κ3) is 3.06. The lowest BCUT2D eigenvalue weighted by atomic mass is 10.3. The van der Waals surface area contributed by atoms with Crippen LogP contribution >= 0.6 is 0 Å². The number of nitrogens with one attached hydrogen (secondary N) is 1. The van der Waals surface area contributed by atoms with Gasteiger partial charge in [0.2, 0.25) is 11.6 Å². The molecular weight excluding hydrogens is 274 g/mol. The number of rotatable bonds is 5. The summed E-state index contributed by atoms with van der Waals surface area (Å²) in [5.41, 5.74) is 2.92.